The molecule has 0 aliphatic carbocycles. The molecule has 2 saturated heterocycles. The second-order valence-electron chi connectivity index (χ2n) is 7.06. The summed E-state index contributed by atoms with van der Waals surface area (Å²) in [5, 5.41) is 11.3. The number of carbonyl (C=O) groups excluding carboxylic acids is 2. The molecule has 2 heterocycles. The Balaban J connectivity index is 1.67. The summed E-state index contributed by atoms with van der Waals surface area (Å²) < 4.78 is 34.1. The normalized spacial score (nSPS) is 24.6. The van der Waals surface area contributed by atoms with E-state index in [0.717, 1.165) is 0 Å². The van der Waals surface area contributed by atoms with Crippen molar-refractivity contribution in [1.29, 1.82) is 5.26 Å². The second-order valence-corrected chi connectivity index (χ2v) is 7.06. The van der Waals surface area contributed by atoms with Crippen LogP contribution in [0.5, 0.6) is 0 Å². The number of halogens is 2. The Morgan fingerprint density at radius 2 is 2.21 bits per heavy atom. The van der Waals surface area contributed by atoms with Gasteiger partial charge in [0.05, 0.1) is 30.5 Å². The van der Waals surface area contributed by atoms with Crippen LogP contribution in [0.2, 0.25) is 0 Å². The van der Waals surface area contributed by atoms with Crippen molar-refractivity contribution in [1.82, 2.24) is 5.32 Å². The molecular formula is C19H22F2N4O3. The number of amides is 2. The summed E-state index contributed by atoms with van der Waals surface area (Å²) in [6, 6.07) is 6.34. The quantitative estimate of drug-likeness (QED) is 0.832. The monoisotopic (exact) mass is 392 g/mol. The maximum Gasteiger partial charge on any atom is 0.414 e. The minimum Gasteiger partial charge on any atom is -0.442 e. The zero-order valence-corrected chi connectivity index (χ0v) is 15.5. The van der Waals surface area contributed by atoms with Crippen molar-refractivity contribution in [2.45, 2.75) is 32.0 Å². The van der Waals surface area contributed by atoms with Gasteiger partial charge in [0.2, 0.25) is 5.91 Å². The lowest BCUT2D eigenvalue weighted by Crippen LogP contribution is -2.42. The number of carbonyl (C=O) groups is 2. The first-order valence-electron chi connectivity index (χ1n) is 9.17. The third-order valence-corrected chi connectivity index (χ3v) is 5.07. The second kappa shape index (κ2) is 8.42. The number of hydrogen-bond acceptors (Lipinski definition) is 5. The first-order valence-corrected chi connectivity index (χ1v) is 9.17. The Morgan fingerprint density at radius 1 is 1.43 bits per heavy atom. The van der Waals surface area contributed by atoms with E-state index in [4.69, 9.17) is 10.00 Å². The van der Waals surface area contributed by atoms with Gasteiger partial charge in [-0.15, -0.1) is 0 Å². The SMILES string of the molecule is CC(=O)NCC1CN(c2ccc(N3CCC(CC#N)C(F)C3)c(F)c2)C(=O)O1. The van der Waals surface area contributed by atoms with Crippen LogP contribution in [0.3, 0.4) is 0 Å². The fraction of sp³-hybridized carbons (Fsp3) is 0.526. The molecule has 2 amide bonds. The van der Waals surface area contributed by atoms with Gasteiger partial charge in [-0.3, -0.25) is 9.69 Å². The largest absolute Gasteiger partial charge is 0.442 e. The fourth-order valence-corrected chi connectivity index (χ4v) is 3.54. The number of nitrogens with one attached hydrogen (secondary N) is 1. The van der Waals surface area contributed by atoms with Crippen LogP contribution in [-0.2, 0) is 9.53 Å². The summed E-state index contributed by atoms with van der Waals surface area (Å²) in [5.41, 5.74) is 0.608. The maximum atomic E-state index is 14.7. The molecule has 28 heavy (non-hydrogen) atoms. The zero-order chi connectivity index (χ0) is 20.3. The molecule has 2 aliphatic heterocycles. The third-order valence-electron chi connectivity index (χ3n) is 5.07. The molecule has 1 aromatic rings. The average molecular weight is 392 g/mol. The molecule has 9 heteroatoms. The molecule has 3 atom stereocenters. The first kappa shape index (κ1) is 19.9. The fourth-order valence-electron chi connectivity index (χ4n) is 3.54. The lowest BCUT2D eigenvalue weighted by Gasteiger charge is -2.35. The summed E-state index contributed by atoms with van der Waals surface area (Å²) in [7, 11) is 0. The van der Waals surface area contributed by atoms with E-state index in [9.17, 15) is 18.4 Å². The molecule has 0 aromatic heterocycles. The number of rotatable bonds is 5. The van der Waals surface area contributed by atoms with Gasteiger partial charge in [-0.2, -0.15) is 5.26 Å². The van der Waals surface area contributed by atoms with Crippen LogP contribution in [0.4, 0.5) is 25.0 Å². The van der Waals surface area contributed by atoms with Gasteiger partial charge in [-0.1, -0.05) is 0 Å². The minimum absolute atomic E-state index is 0.0349. The molecule has 1 N–H and O–H groups in total. The molecule has 0 saturated carbocycles. The van der Waals surface area contributed by atoms with Crippen molar-refractivity contribution in [2.75, 3.05) is 36.0 Å². The first-order chi connectivity index (χ1) is 13.4. The molecule has 0 bridgehead atoms. The lowest BCUT2D eigenvalue weighted by molar-refractivity contribution is -0.119. The van der Waals surface area contributed by atoms with Gasteiger partial charge in [-0.05, 0) is 24.6 Å². The smallest absolute Gasteiger partial charge is 0.414 e. The molecule has 0 radical (unpaired) electrons. The summed E-state index contributed by atoms with van der Waals surface area (Å²) in [6.07, 6.45) is -1.66. The number of ether oxygens (including phenoxy) is 1. The molecule has 2 fully saturated rings. The molecule has 3 unspecified atom stereocenters. The Hall–Kier alpha value is -2.89. The molecule has 3 rings (SSSR count). The predicted molar refractivity (Wildman–Crippen MR) is 98.1 cm³/mol. The van der Waals surface area contributed by atoms with Crippen LogP contribution in [0.25, 0.3) is 0 Å². The van der Waals surface area contributed by atoms with Crippen LogP contribution >= 0.6 is 0 Å². The lowest BCUT2D eigenvalue weighted by atomic mass is 9.92. The van der Waals surface area contributed by atoms with Gasteiger partial charge in [0.1, 0.15) is 18.1 Å². The summed E-state index contributed by atoms with van der Waals surface area (Å²) in [4.78, 5) is 26.0. The highest BCUT2D eigenvalue weighted by atomic mass is 19.1. The highest BCUT2D eigenvalue weighted by molar-refractivity contribution is 5.90. The average Bonchev–Trinajstić information content (AvgIpc) is 3.02. The number of alkyl halides is 1. The topological polar surface area (TPSA) is 85.7 Å². The van der Waals surface area contributed by atoms with E-state index in [2.05, 4.69) is 5.32 Å². The molecule has 1 aromatic carbocycles. The van der Waals surface area contributed by atoms with Crippen LogP contribution in [0.1, 0.15) is 19.8 Å². The van der Waals surface area contributed by atoms with E-state index in [-0.39, 0.29) is 43.6 Å². The predicted octanol–water partition coefficient (Wildman–Crippen LogP) is 2.37. The molecule has 150 valence electrons. The van der Waals surface area contributed by atoms with E-state index in [1.165, 1.54) is 24.0 Å². The Morgan fingerprint density at radius 3 is 2.86 bits per heavy atom. The van der Waals surface area contributed by atoms with Crippen molar-refractivity contribution in [3.8, 4) is 6.07 Å². The Bertz CT molecular complexity index is 798. The van der Waals surface area contributed by atoms with Crippen LogP contribution in [-0.4, -0.2) is 50.5 Å². The highest BCUT2D eigenvalue weighted by Crippen LogP contribution is 2.32. The van der Waals surface area contributed by atoms with E-state index in [0.29, 0.717) is 18.7 Å². The summed E-state index contributed by atoms with van der Waals surface area (Å²) >= 11 is 0. The van der Waals surface area contributed by atoms with Crippen LogP contribution < -0.4 is 15.1 Å². The Labute approximate surface area is 161 Å². The summed E-state index contributed by atoms with van der Waals surface area (Å²) in [6.45, 7) is 2.26. The van der Waals surface area contributed by atoms with Crippen molar-refractivity contribution < 1.29 is 23.1 Å². The van der Waals surface area contributed by atoms with Crippen LogP contribution in [0, 0.1) is 23.1 Å². The van der Waals surface area contributed by atoms with Gasteiger partial charge >= 0.3 is 6.09 Å². The number of nitriles is 1. The number of hydrogen-bond donors (Lipinski definition) is 1. The number of anilines is 2. The molecular weight excluding hydrogens is 370 g/mol. The van der Waals surface area contributed by atoms with E-state index in [1.54, 1.807) is 11.0 Å². The van der Waals surface area contributed by atoms with Gasteiger partial charge in [-0.25, -0.2) is 13.6 Å². The van der Waals surface area contributed by atoms with Gasteiger partial charge in [0.15, 0.2) is 0 Å². The van der Waals surface area contributed by atoms with Crippen molar-refractivity contribution in [3.05, 3.63) is 24.0 Å². The molecule has 0 spiro atoms. The van der Waals surface area contributed by atoms with E-state index in [1.807, 2.05) is 6.07 Å². The van der Waals surface area contributed by atoms with Gasteiger partial charge < -0.3 is 15.0 Å². The highest BCUT2D eigenvalue weighted by Gasteiger charge is 2.34. The van der Waals surface area contributed by atoms with Crippen molar-refractivity contribution in [2.24, 2.45) is 5.92 Å². The number of piperidine rings is 1. The van der Waals surface area contributed by atoms with Crippen molar-refractivity contribution in [3.63, 3.8) is 0 Å². The van der Waals surface area contributed by atoms with Crippen molar-refractivity contribution >= 4 is 23.4 Å². The standard InChI is InChI=1S/C19H22F2N4O3/c1-12(26)23-9-15-10-25(19(27)28-15)14-2-3-18(16(20)8-14)24-7-5-13(4-6-22)17(21)11-24/h2-3,8,13,15,17H,4-5,7,9-11H2,1H3,(H,23,26). The van der Waals surface area contributed by atoms with E-state index < -0.39 is 24.2 Å². The third kappa shape index (κ3) is 4.32. The molecule has 2 aliphatic rings. The van der Waals surface area contributed by atoms with E-state index >= 15 is 0 Å². The van der Waals surface area contributed by atoms with Gasteiger partial charge in [0.25, 0.3) is 0 Å². The minimum atomic E-state index is -1.18. The van der Waals surface area contributed by atoms with Crippen LogP contribution in [0.15, 0.2) is 18.2 Å². The number of nitrogens with zero attached hydrogens (tertiary/aromatic N) is 3. The maximum absolute atomic E-state index is 14.7. The number of cyclic esters (lactones) is 1. The zero-order valence-electron chi connectivity index (χ0n) is 15.5. The number of benzene rings is 1. The molecule has 7 nitrogen and oxygen atoms in total. The summed E-state index contributed by atoms with van der Waals surface area (Å²) in [5.74, 6) is -1.10. The van der Waals surface area contributed by atoms with Gasteiger partial charge in [0, 0.05) is 32.4 Å². The Kier molecular flexibility index (Phi) is 5.97.